The molecule has 0 bridgehead atoms. The number of unbranched alkanes of at least 4 members (excludes halogenated alkanes) is 1. The molecule has 168 valence electrons. The van der Waals surface area contributed by atoms with E-state index in [0.717, 1.165) is 18.4 Å². The van der Waals surface area contributed by atoms with Crippen molar-refractivity contribution in [2.24, 2.45) is 0 Å². The molecule has 0 atom stereocenters. The number of hydrogen-bond donors (Lipinski definition) is 1. The Kier molecular flexibility index (Phi) is 7.14. The molecule has 0 radical (unpaired) electrons. The minimum Gasteiger partial charge on any atom is -0.493 e. The first kappa shape index (κ1) is 22.9. The van der Waals surface area contributed by atoms with Crippen molar-refractivity contribution in [3.8, 4) is 17.2 Å². The van der Waals surface area contributed by atoms with Gasteiger partial charge in [0.15, 0.2) is 11.5 Å². The summed E-state index contributed by atoms with van der Waals surface area (Å²) in [4.78, 5) is 29.1. The molecule has 0 amide bonds. The number of fused-ring (bicyclic) bond motifs is 1. The van der Waals surface area contributed by atoms with Crippen LogP contribution in [0.25, 0.3) is 17.8 Å². The molecular weight excluding hydrogens is 412 g/mol. The second-order valence-electron chi connectivity index (χ2n) is 7.09. The highest BCUT2D eigenvalue weighted by atomic mass is 16.5. The molecule has 0 saturated heterocycles. The van der Waals surface area contributed by atoms with Crippen molar-refractivity contribution in [1.82, 2.24) is 9.38 Å². The third kappa shape index (κ3) is 4.44. The number of carbonyl (C=O) groups is 1. The minimum atomic E-state index is -1.10. The summed E-state index contributed by atoms with van der Waals surface area (Å²) in [6, 6.07) is 6.56. The lowest BCUT2D eigenvalue weighted by molar-refractivity contribution is 0.0696. The third-order valence-electron chi connectivity index (χ3n) is 5.13. The smallest absolute Gasteiger partial charge is 0.337 e. The van der Waals surface area contributed by atoms with Crippen LogP contribution in [0.15, 0.2) is 35.3 Å². The zero-order valence-electron chi connectivity index (χ0n) is 18.5. The highest BCUT2D eigenvalue weighted by Crippen LogP contribution is 2.40. The average molecular weight is 438 g/mol. The molecule has 1 N–H and O–H groups in total. The van der Waals surface area contributed by atoms with E-state index in [1.54, 1.807) is 32.4 Å². The summed E-state index contributed by atoms with van der Waals surface area (Å²) in [5, 5.41) is 9.26. The maximum Gasteiger partial charge on any atom is 0.337 e. The summed E-state index contributed by atoms with van der Waals surface area (Å²) in [5.41, 5.74) is 1.92. The summed E-state index contributed by atoms with van der Waals surface area (Å²) >= 11 is 0. The highest BCUT2D eigenvalue weighted by Gasteiger charge is 2.16. The van der Waals surface area contributed by atoms with E-state index in [0.29, 0.717) is 40.6 Å². The Balaban J connectivity index is 2.16. The lowest BCUT2D eigenvalue weighted by Gasteiger charge is -2.14. The average Bonchev–Trinajstić information content (AvgIpc) is 2.81. The van der Waals surface area contributed by atoms with Gasteiger partial charge in [0.2, 0.25) is 5.75 Å². The van der Waals surface area contributed by atoms with Crippen molar-refractivity contribution in [2.45, 2.75) is 26.2 Å². The van der Waals surface area contributed by atoms with Gasteiger partial charge in [0, 0.05) is 17.3 Å². The van der Waals surface area contributed by atoms with Gasteiger partial charge in [-0.05, 0) is 49.3 Å². The van der Waals surface area contributed by atoms with Crippen LogP contribution in [0.2, 0.25) is 0 Å². The Bertz CT molecular complexity index is 1230. The van der Waals surface area contributed by atoms with Gasteiger partial charge in [0.25, 0.3) is 5.56 Å². The molecule has 0 unspecified atom stereocenters. The molecule has 0 saturated carbocycles. The van der Waals surface area contributed by atoms with Crippen LogP contribution >= 0.6 is 0 Å². The fraction of sp³-hybridized carbons (Fsp3) is 0.292. The summed E-state index contributed by atoms with van der Waals surface area (Å²) in [6.45, 7) is 2.04. The van der Waals surface area contributed by atoms with E-state index in [4.69, 9.17) is 14.2 Å². The van der Waals surface area contributed by atoms with E-state index < -0.39 is 5.97 Å². The number of carboxylic acid groups (broad SMARTS) is 1. The number of benzene rings is 1. The number of aromatic nitrogens is 2. The van der Waals surface area contributed by atoms with Gasteiger partial charge in [-0.25, -0.2) is 9.78 Å². The summed E-state index contributed by atoms with van der Waals surface area (Å²) < 4.78 is 17.6. The lowest BCUT2D eigenvalue weighted by atomic mass is 10.1. The molecule has 32 heavy (non-hydrogen) atoms. The molecule has 0 spiro atoms. The van der Waals surface area contributed by atoms with Crippen molar-refractivity contribution in [3.63, 3.8) is 0 Å². The van der Waals surface area contributed by atoms with Crippen LogP contribution in [0.5, 0.6) is 17.2 Å². The Hall–Kier alpha value is -3.81. The SMILES string of the molecule is CCCCc1c(/C=C/c2ccc(OC)c(OC)c2OC)nc2ccc(C(=O)O)cn2c1=O. The number of ether oxygens (including phenoxy) is 3. The second kappa shape index (κ2) is 10.00. The van der Waals surface area contributed by atoms with Gasteiger partial charge in [-0.3, -0.25) is 9.20 Å². The van der Waals surface area contributed by atoms with Crippen LogP contribution in [0, 0.1) is 0 Å². The fourth-order valence-electron chi connectivity index (χ4n) is 3.47. The molecule has 8 nitrogen and oxygen atoms in total. The number of rotatable bonds is 9. The summed E-state index contributed by atoms with van der Waals surface area (Å²) in [6.07, 6.45) is 7.13. The van der Waals surface area contributed by atoms with Crippen LogP contribution in [-0.4, -0.2) is 41.8 Å². The number of aromatic carboxylic acids is 1. The van der Waals surface area contributed by atoms with Gasteiger partial charge in [-0.1, -0.05) is 13.3 Å². The molecule has 3 aromatic rings. The number of pyridine rings is 1. The summed E-state index contributed by atoms with van der Waals surface area (Å²) in [7, 11) is 4.63. The van der Waals surface area contributed by atoms with E-state index in [2.05, 4.69) is 4.98 Å². The van der Waals surface area contributed by atoms with Crippen LogP contribution in [0.3, 0.4) is 0 Å². The predicted molar refractivity (Wildman–Crippen MR) is 122 cm³/mol. The van der Waals surface area contributed by atoms with Gasteiger partial charge in [-0.15, -0.1) is 0 Å². The monoisotopic (exact) mass is 438 g/mol. The standard InChI is InChI=1S/C24H26N2O6/c1-5-6-7-17-18(25-20-13-10-16(24(28)29)14-26(20)23(17)27)11-8-15-9-12-19(30-2)22(32-4)21(15)31-3/h8-14H,5-7H2,1-4H3,(H,28,29)/b11-8+. The Morgan fingerprint density at radius 1 is 1.06 bits per heavy atom. The van der Waals surface area contributed by atoms with Gasteiger partial charge in [0.1, 0.15) is 5.65 Å². The first-order valence-corrected chi connectivity index (χ1v) is 10.2. The zero-order chi connectivity index (χ0) is 23.3. The van der Waals surface area contributed by atoms with E-state index in [9.17, 15) is 14.7 Å². The maximum atomic E-state index is 13.2. The molecular formula is C24H26N2O6. The molecule has 0 fully saturated rings. The zero-order valence-corrected chi connectivity index (χ0v) is 18.5. The Labute approximate surface area is 185 Å². The van der Waals surface area contributed by atoms with Crippen LogP contribution in [-0.2, 0) is 6.42 Å². The van der Waals surface area contributed by atoms with E-state index in [1.807, 2.05) is 13.0 Å². The molecule has 0 aliphatic heterocycles. The fourth-order valence-corrected chi connectivity index (χ4v) is 3.47. The largest absolute Gasteiger partial charge is 0.493 e. The van der Waals surface area contributed by atoms with Crippen molar-refractivity contribution in [2.75, 3.05) is 21.3 Å². The van der Waals surface area contributed by atoms with Gasteiger partial charge in [-0.2, -0.15) is 0 Å². The molecule has 3 rings (SSSR count). The maximum absolute atomic E-state index is 13.2. The van der Waals surface area contributed by atoms with Crippen LogP contribution in [0.1, 0.15) is 46.9 Å². The topological polar surface area (TPSA) is 99.4 Å². The number of carboxylic acids is 1. The molecule has 1 aromatic carbocycles. The van der Waals surface area contributed by atoms with Crippen molar-refractivity contribution >= 4 is 23.8 Å². The minimum absolute atomic E-state index is 0.0289. The number of hydrogen-bond acceptors (Lipinski definition) is 6. The Morgan fingerprint density at radius 3 is 2.44 bits per heavy atom. The molecule has 2 aromatic heterocycles. The first-order valence-electron chi connectivity index (χ1n) is 10.2. The summed E-state index contributed by atoms with van der Waals surface area (Å²) in [5.74, 6) is 0.415. The Morgan fingerprint density at radius 2 is 1.81 bits per heavy atom. The molecule has 2 heterocycles. The van der Waals surface area contributed by atoms with E-state index >= 15 is 0 Å². The molecule has 0 aliphatic rings. The predicted octanol–water partition coefficient (Wildman–Crippen LogP) is 3.93. The van der Waals surface area contributed by atoms with Gasteiger partial charge in [0.05, 0.1) is 32.6 Å². The van der Waals surface area contributed by atoms with Gasteiger partial charge >= 0.3 is 5.97 Å². The third-order valence-corrected chi connectivity index (χ3v) is 5.13. The quantitative estimate of drug-likeness (QED) is 0.540. The van der Waals surface area contributed by atoms with Crippen LogP contribution in [0.4, 0.5) is 0 Å². The van der Waals surface area contributed by atoms with E-state index in [1.165, 1.54) is 29.8 Å². The number of methoxy groups -OCH3 is 3. The molecule has 0 aliphatic carbocycles. The van der Waals surface area contributed by atoms with Crippen molar-refractivity contribution < 1.29 is 24.1 Å². The highest BCUT2D eigenvalue weighted by molar-refractivity contribution is 5.87. The number of nitrogens with zero attached hydrogens (tertiary/aromatic N) is 2. The van der Waals surface area contributed by atoms with Gasteiger partial charge < -0.3 is 19.3 Å². The van der Waals surface area contributed by atoms with Crippen molar-refractivity contribution in [1.29, 1.82) is 0 Å². The molecule has 8 heteroatoms. The van der Waals surface area contributed by atoms with E-state index in [-0.39, 0.29) is 11.1 Å². The lowest BCUT2D eigenvalue weighted by Crippen LogP contribution is -2.22. The second-order valence-corrected chi connectivity index (χ2v) is 7.09. The van der Waals surface area contributed by atoms with Crippen molar-refractivity contribution in [3.05, 3.63) is 63.2 Å². The van der Waals surface area contributed by atoms with Crippen LogP contribution < -0.4 is 19.8 Å². The first-order chi connectivity index (χ1) is 15.4. The normalized spacial score (nSPS) is 11.1.